The molecule has 0 radical (unpaired) electrons. The molecular weight excluding hydrogens is 390 g/mol. The van der Waals surface area contributed by atoms with Crippen LogP contribution >= 0.6 is 11.6 Å². The summed E-state index contributed by atoms with van der Waals surface area (Å²) in [7, 11) is 0. The summed E-state index contributed by atoms with van der Waals surface area (Å²) in [5.41, 5.74) is 5.20. The van der Waals surface area contributed by atoms with E-state index in [2.05, 4.69) is 93.7 Å². The average Bonchev–Trinajstić information content (AvgIpc) is 2.73. The van der Waals surface area contributed by atoms with E-state index in [1.807, 2.05) is 12.1 Å². The Morgan fingerprint density at radius 3 is 1.87 bits per heavy atom. The third-order valence-corrected chi connectivity index (χ3v) is 5.64. The summed E-state index contributed by atoms with van der Waals surface area (Å²) in [5, 5.41) is 4.44. The molecule has 0 saturated carbocycles. The molecule has 3 rings (SSSR count). The molecule has 0 bridgehead atoms. The lowest BCUT2D eigenvalue weighted by Gasteiger charge is -2.21. The van der Waals surface area contributed by atoms with Crippen molar-refractivity contribution in [3.8, 4) is 5.75 Å². The molecule has 0 aliphatic heterocycles. The first-order valence-electron chi connectivity index (χ1n) is 10.7. The number of aryl methyl sites for hydroxylation is 1. The lowest BCUT2D eigenvalue weighted by Crippen LogP contribution is -2.21. The molecule has 2 nitrogen and oxygen atoms in total. The molecule has 0 heterocycles. The largest absolute Gasteiger partial charge is 0.491 e. The first-order chi connectivity index (χ1) is 14.4. The topological polar surface area (TPSA) is 21.3 Å². The van der Waals surface area contributed by atoms with Gasteiger partial charge >= 0.3 is 0 Å². The van der Waals surface area contributed by atoms with Crippen molar-refractivity contribution in [2.24, 2.45) is 0 Å². The Morgan fingerprint density at radius 1 is 0.767 bits per heavy atom. The second-order valence-corrected chi connectivity index (χ2v) is 8.65. The van der Waals surface area contributed by atoms with Gasteiger partial charge in [0.25, 0.3) is 0 Å². The quantitative estimate of drug-likeness (QED) is 0.391. The maximum absolute atomic E-state index is 6.02. The maximum Gasteiger partial charge on any atom is 0.119 e. The molecule has 0 aromatic heterocycles. The fraction of sp³-hybridized carbons (Fsp3) is 0.333. The molecule has 0 aliphatic rings. The van der Waals surface area contributed by atoms with Crippen molar-refractivity contribution in [3.05, 3.63) is 100 Å². The standard InChI is InChI=1S/C27H32ClNO/c1-19(2)30-26-15-11-24(12-16-26)27(23-7-5-20(3)6-8-23)17-18-29-21(4)22-9-13-25(28)14-10-22/h5-16,19,21,27,29H,17-18H2,1-4H3/t21-,27-/m1/s1. The minimum atomic E-state index is 0.183. The fourth-order valence-corrected chi connectivity index (χ4v) is 3.81. The molecule has 0 amide bonds. The first kappa shape index (κ1) is 22.4. The van der Waals surface area contributed by atoms with Crippen LogP contribution < -0.4 is 10.1 Å². The molecule has 0 fully saturated rings. The van der Waals surface area contributed by atoms with Crippen LogP contribution in [-0.2, 0) is 0 Å². The highest BCUT2D eigenvalue weighted by Gasteiger charge is 2.15. The van der Waals surface area contributed by atoms with E-state index in [1.54, 1.807) is 0 Å². The van der Waals surface area contributed by atoms with E-state index < -0.39 is 0 Å². The van der Waals surface area contributed by atoms with Crippen LogP contribution in [0.4, 0.5) is 0 Å². The summed E-state index contributed by atoms with van der Waals surface area (Å²) in [6, 6.07) is 25.8. The highest BCUT2D eigenvalue weighted by molar-refractivity contribution is 6.30. The Kier molecular flexibility index (Phi) is 7.95. The van der Waals surface area contributed by atoms with Crippen molar-refractivity contribution in [3.63, 3.8) is 0 Å². The number of benzene rings is 3. The fourth-order valence-electron chi connectivity index (χ4n) is 3.69. The van der Waals surface area contributed by atoms with Gasteiger partial charge in [-0.15, -0.1) is 0 Å². The summed E-state index contributed by atoms with van der Waals surface area (Å²) < 4.78 is 5.82. The Hall–Kier alpha value is -2.29. The van der Waals surface area contributed by atoms with Crippen molar-refractivity contribution in [1.82, 2.24) is 5.32 Å². The number of hydrogen-bond donors (Lipinski definition) is 1. The molecule has 0 unspecified atom stereocenters. The summed E-state index contributed by atoms with van der Waals surface area (Å²) >= 11 is 6.02. The van der Waals surface area contributed by atoms with Gasteiger partial charge in [0, 0.05) is 17.0 Å². The Labute approximate surface area is 186 Å². The molecule has 0 spiro atoms. The molecule has 30 heavy (non-hydrogen) atoms. The zero-order chi connectivity index (χ0) is 21.5. The number of hydrogen-bond acceptors (Lipinski definition) is 2. The lowest BCUT2D eigenvalue weighted by atomic mass is 9.88. The van der Waals surface area contributed by atoms with Crippen LogP contribution in [0.1, 0.15) is 61.4 Å². The molecule has 3 aromatic carbocycles. The minimum Gasteiger partial charge on any atom is -0.491 e. The number of ether oxygens (including phenoxy) is 1. The summed E-state index contributed by atoms with van der Waals surface area (Å²) in [6.45, 7) is 9.36. The molecule has 0 saturated heterocycles. The van der Waals surface area contributed by atoms with Crippen molar-refractivity contribution >= 4 is 11.6 Å². The van der Waals surface area contributed by atoms with E-state index in [0.29, 0.717) is 5.92 Å². The van der Waals surface area contributed by atoms with E-state index in [1.165, 1.54) is 22.3 Å². The Morgan fingerprint density at radius 2 is 1.30 bits per heavy atom. The third-order valence-electron chi connectivity index (χ3n) is 5.39. The smallest absolute Gasteiger partial charge is 0.119 e. The van der Waals surface area contributed by atoms with Crippen LogP contribution in [0.15, 0.2) is 72.8 Å². The molecule has 3 aromatic rings. The van der Waals surface area contributed by atoms with E-state index in [0.717, 1.165) is 23.7 Å². The molecule has 1 N–H and O–H groups in total. The first-order valence-corrected chi connectivity index (χ1v) is 11.1. The normalized spacial score (nSPS) is 13.3. The highest BCUT2D eigenvalue weighted by Crippen LogP contribution is 2.30. The van der Waals surface area contributed by atoms with Gasteiger partial charge in [-0.05, 0) is 81.6 Å². The average molecular weight is 422 g/mol. The minimum absolute atomic E-state index is 0.183. The number of nitrogens with one attached hydrogen (secondary N) is 1. The van der Waals surface area contributed by atoms with Crippen LogP contribution in [0.2, 0.25) is 5.02 Å². The van der Waals surface area contributed by atoms with Gasteiger partial charge in [-0.3, -0.25) is 0 Å². The summed E-state index contributed by atoms with van der Waals surface area (Å²) in [5.74, 6) is 1.26. The molecule has 158 valence electrons. The predicted octanol–water partition coefficient (Wildman–Crippen LogP) is 7.31. The Bertz CT molecular complexity index is 901. The SMILES string of the molecule is Cc1ccc([C@@H](CCN[C@H](C)c2ccc(Cl)cc2)c2ccc(OC(C)C)cc2)cc1. The molecular formula is C27H32ClNO. The number of halogens is 1. The van der Waals surface area contributed by atoms with Crippen molar-refractivity contribution in [1.29, 1.82) is 0 Å². The molecule has 3 heteroatoms. The van der Waals surface area contributed by atoms with Crippen LogP contribution in [0, 0.1) is 6.92 Å². The second kappa shape index (κ2) is 10.7. The van der Waals surface area contributed by atoms with Crippen molar-refractivity contribution < 1.29 is 4.74 Å². The zero-order valence-electron chi connectivity index (χ0n) is 18.4. The van der Waals surface area contributed by atoms with Crippen LogP contribution in [0.3, 0.4) is 0 Å². The van der Waals surface area contributed by atoms with E-state index in [4.69, 9.17) is 16.3 Å². The Balaban J connectivity index is 1.71. The second-order valence-electron chi connectivity index (χ2n) is 8.21. The van der Waals surface area contributed by atoms with Crippen LogP contribution in [0.5, 0.6) is 5.75 Å². The lowest BCUT2D eigenvalue weighted by molar-refractivity contribution is 0.242. The van der Waals surface area contributed by atoms with E-state index in [-0.39, 0.29) is 12.1 Å². The van der Waals surface area contributed by atoms with Crippen molar-refractivity contribution in [2.75, 3.05) is 6.54 Å². The van der Waals surface area contributed by atoms with Gasteiger partial charge in [-0.25, -0.2) is 0 Å². The van der Waals surface area contributed by atoms with Gasteiger partial charge in [-0.2, -0.15) is 0 Å². The summed E-state index contributed by atoms with van der Waals surface area (Å²) in [4.78, 5) is 0. The molecule has 2 atom stereocenters. The van der Waals surface area contributed by atoms with Gasteiger partial charge in [0.1, 0.15) is 5.75 Å². The molecule has 0 aliphatic carbocycles. The van der Waals surface area contributed by atoms with Gasteiger partial charge in [0.15, 0.2) is 0 Å². The number of rotatable bonds is 9. The van der Waals surface area contributed by atoms with Crippen LogP contribution in [0.25, 0.3) is 0 Å². The highest BCUT2D eigenvalue weighted by atomic mass is 35.5. The third kappa shape index (κ3) is 6.35. The van der Waals surface area contributed by atoms with Gasteiger partial charge in [-0.1, -0.05) is 65.7 Å². The van der Waals surface area contributed by atoms with Gasteiger partial charge in [0.2, 0.25) is 0 Å². The zero-order valence-corrected chi connectivity index (χ0v) is 19.1. The maximum atomic E-state index is 6.02. The van der Waals surface area contributed by atoms with Crippen LogP contribution in [-0.4, -0.2) is 12.6 Å². The van der Waals surface area contributed by atoms with Crippen molar-refractivity contribution in [2.45, 2.75) is 52.2 Å². The monoisotopic (exact) mass is 421 g/mol. The van der Waals surface area contributed by atoms with E-state index >= 15 is 0 Å². The predicted molar refractivity (Wildman–Crippen MR) is 128 cm³/mol. The van der Waals surface area contributed by atoms with Gasteiger partial charge in [0.05, 0.1) is 6.10 Å². The van der Waals surface area contributed by atoms with E-state index in [9.17, 15) is 0 Å². The van der Waals surface area contributed by atoms with Gasteiger partial charge < -0.3 is 10.1 Å². The summed E-state index contributed by atoms with van der Waals surface area (Å²) in [6.07, 6.45) is 1.20.